The number of rotatable bonds is 10. The first kappa shape index (κ1) is 39.4. The van der Waals surface area contributed by atoms with E-state index < -0.39 is 146 Å². The van der Waals surface area contributed by atoms with E-state index in [1.165, 1.54) is 0 Å². The Balaban J connectivity index is 0.00000451. The SMILES string of the molecule is O=S(=O)([O-])OC1C(CO)OC(O)C(O)C1OC1OC2COC(C1O)C2OC1OC(CO)C(O)C(OC2OC3COC(C3O)C2O)C1O.[Na+]. The quantitative estimate of drug-likeness (QED) is 0.0572. The molecule has 24 heteroatoms. The van der Waals surface area contributed by atoms with E-state index in [1.54, 1.807) is 0 Å². The van der Waals surface area contributed by atoms with E-state index >= 15 is 0 Å². The molecule has 6 saturated heterocycles. The van der Waals surface area contributed by atoms with E-state index in [9.17, 15) is 58.9 Å². The normalized spacial score (nSPS) is 52.2. The first-order valence-electron chi connectivity index (χ1n) is 14.7. The number of aliphatic hydroxyl groups is 9. The van der Waals surface area contributed by atoms with Gasteiger partial charge in [-0.25, -0.2) is 8.42 Å². The largest absolute Gasteiger partial charge is 1.00 e. The first-order chi connectivity index (χ1) is 22.2. The van der Waals surface area contributed by atoms with Crippen LogP contribution >= 0.6 is 0 Å². The molecule has 20 unspecified atom stereocenters. The van der Waals surface area contributed by atoms with Crippen molar-refractivity contribution in [3.8, 4) is 0 Å². The Morgan fingerprint density at radius 3 is 1.77 bits per heavy atom. The smallest absolute Gasteiger partial charge is 0.726 e. The minimum absolute atomic E-state index is 0. The molecule has 6 aliphatic heterocycles. The van der Waals surface area contributed by atoms with Crippen LogP contribution in [0.1, 0.15) is 0 Å². The third-order valence-corrected chi connectivity index (χ3v) is 9.36. The fourth-order valence-corrected chi connectivity index (χ4v) is 7.02. The predicted octanol–water partition coefficient (Wildman–Crippen LogP) is -11.2. The zero-order chi connectivity index (χ0) is 33.9. The second kappa shape index (κ2) is 15.6. The Labute approximate surface area is 294 Å². The van der Waals surface area contributed by atoms with Crippen LogP contribution in [0.5, 0.6) is 0 Å². The molecular formula is C24H37NaO22S. The van der Waals surface area contributed by atoms with Gasteiger partial charge in [0.15, 0.2) is 25.2 Å². The molecule has 0 aromatic heterocycles. The van der Waals surface area contributed by atoms with Crippen molar-refractivity contribution in [1.82, 2.24) is 0 Å². The fraction of sp³-hybridized carbons (Fsp3) is 1.00. The maximum absolute atomic E-state index is 11.3. The van der Waals surface area contributed by atoms with E-state index in [-0.39, 0.29) is 42.8 Å². The summed E-state index contributed by atoms with van der Waals surface area (Å²) in [6.45, 7) is -2.01. The van der Waals surface area contributed by atoms with Crippen molar-refractivity contribution in [3.05, 3.63) is 0 Å². The Morgan fingerprint density at radius 2 is 1.12 bits per heavy atom. The summed E-state index contributed by atoms with van der Waals surface area (Å²) >= 11 is 0. The van der Waals surface area contributed by atoms with E-state index in [4.69, 9.17) is 42.6 Å². The van der Waals surface area contributed by atoms with Gasteiger partial charge in [0.2, 0.25) is 10.4 Å². The Morgan fingerprint density at radius 1 is 0.583 bits per heavy atom. The zero-order valence-corrected chi connectivity index (χ0v) is 27.9. The van der Waals surface area contributed by atoms with Crippen LogP contribution in [0.2, 0.25) is 0 Å². The summed E-state index contributed by atoms with van der Waals surface area (Å²) < 4.78 is 88.3. The monoisotopic (exact) mass is 732 g/mol. The van der Waals surface area contributed by atoms with E-state index in [0.717, 1.165) is 0 Å². The molecule has 0 aromatic carbocycles. The summed E-state index contributed by atoms with van der Waals surface area (Å²) in [6, 6.07) is 0. The van der Waals surface area contributed by atoms with Gasteiger partial charge in [-0.1, -0.05) is 0 Å². The third kappa shape index (κ3) is 7.61. The van der Waals surface area contributed by atoms with Gasteiger partial charge in [0.05, 0.1) is 26.4 Å². The number of hydrogen-bond acceptors (Lipinski definition) is 22. The topological polar surface area (TPSA) is 332 Å². The average molecular weight is 733 g/mol. The van der Waals surface area contributed by atoms with Crippen LogP contribution in [-0.4, -0.2) is 208 Å². The van der Waals surface area contributed by atoms with Gasteiger partial charge in [0, 0.05) is 0 Å². The number of hydrogen-bond donors (Lipinski definition) is 9. The van der Waals surface area contributed by atoms with Crippen molar-refractivity contribution in [2.24, 2.45) is 0 Å². The molecule has 6 fully saturated rings. The van der Waals surface area contributed by atoms with Crippen molar-refractivity contribution in [1.29, 1.82) is 0 Å². The van der Waals surface area contributed by atoms with Gasteiger partial charge in [0.1, 0.15) is 97.7 Å². The molecule has 0 radical (unpaired) electrons. The van der Waals surface area contributed by atoms with Crippen LogP contribution in [0.4, 0.5) is 0 Å². The summed E-state index contributed by atoms with van der Waals surface area (Å²) in [5.41, 5.74) is 0. The molecule has 6 rings (SSSR count). The van der Waals surface area contributed by atoms with E-state index in [1.807, 2.05) is 0 Å². The average Bonchev–Trinajstić information content (AvgIpc) is 3.48. The standard InChI is InChI=1S/C24H38O22S.Na/c25-1-5-9(27)18(44-22-12(30)17-10(28)7(41-22)3-37-17)13(31)23(40-5)43-15-8-4-38-19(15)14(32)24(42-8)45-20-11(29)21(33)39-6(2-26)16(20)46-47(34,35)36;/h5-33H,1-4H2,(H,34,35,36);/q;+1/p-1. The maximum atomic E-state index is 11.3. The Kier molecular flexibility index (Phi) is 12.8. The van der Waals surface area contributed by atoms with Crippen LogP contribution in [-0.2, 0) is 57.2 Å². The van der Waals surface area contributed by atoms with Crippen molar-refractivity contribution < 1.29 is 135 Å². The summed E-state index contributed by atoms with van der Waals surface area (Å²) in [5, 5.41) is 93.6. The molecule has 6 heterocycles. The second-order valence-electron chi connectivity index (χ2n) is 11.9. The molecule has 0 aromatic rings. The second-order valence-corrected chi connectivity index (χ2v) is 12.9. The summed E-state index contributed by atoms with van der Waals surface area (Å²) in [6.07, 6.45) is -30.8. The molecule has 272 valence electrons. The molecule has 4 bridgehead atoms. The van der Waals surface area contributed by atoms with E-state index in [2.05, 4.69) is 4.18 Å². The van der Waals surface area contributed by atoms with Gasteiger partial charge in [-0.2, -0.15) is 0 Å². The van der Waals surface area contributed by atoms with Crippen LogP contribution in [0.25, 0.3) is 0 Å². The predicted molar refractivity (Wildman–Crippen MR) is 136 cm³/mol. The van der Waals surface area contributed by atoms with Gasteiger partial charge in [-0.3, -0.25) is 4.18 Å². The van der Waals surface area contributed by atoms with Gasteiger partial charge in [0.25, 0.3) is 0 Å². The summed E-state index contributed by atoms with van der Waals surface area (Å²) in [4.78, 5) is 0. The van der Waals surface area contributed by atoms with Crippen LogP contribution < -0.4 is 29.6 Å². The van der Waals surface area contributed by atoms with Crippen molar-refractivity contribution in [2.75, 3.05) is 26.4 Å². The summed E-state index contributed by atoms with van der Waals surface area (Å²) in [5.74, 6) is 0. The van der Waals surface area contributed by atoms with Crippen LogP contribution in [0.3, 0.4) is 0 Å². The van der Waals surface area contributed by atoms with Gasteiger partial charge in [-0.05, 0) is 0 Å². The summed E-state index contributed by atoms with van der Waals surface area (Å²) in [7, 11) is -5.45. The molecule has 9 N–H and O–H groups in total. The Bertz CT molecular complexity index is 1190. The van der Waals surface area contributed by atoms with Crippen LogP contribution in [0, 0.1) is 0 Å². The van der Waals surface area contributed by atoms with Crippen molar-refractivity contribution in [3.63, 3.8) is 0 Å². The minimum Gasteiger partial charge on any atom is -0.726 e. The molecular weight excluding hydrogens is 695 g/mol. The molecule has 0 amide bonds. The van der Waals surface area contributed by atoms with E-state index in [0.29, 0.717) is 0 Å². The van der Waals surface area contributed by atoms with Crippen LogP contribution in [0.15, 0.2) is 0 Å². The molecule has 22 nitrogen and oxygen atoms in total. The maximum Gasteiger partial charge on any atom is 1.00 e. The third-order valence-electron chi connectivity index (χ3n) is 8.90. The molecule has 6 aliphatic rings. The Hall–Kier alpha value is 0.150. The van der Waals surface area contributed by atoms with Gasteiger partial charge < -0.3 is 93.1 Å². The molecule has 0 saturated carbocycles. The minimum atomic E-state index is -5.45. The molecule has 20 atom stereocenters. The van der Waals surface area contributed by atoms with Gasteiger partial charge >= 0.3 is 29.6 Å². The number of fused-ring (bicyclic) bond motifs is 4. The van der Waals surface area contributed by atoms with Crippen molar-refractivity contribution >= 4 is 10.4 Å². The number of ether oxygens (including phenoxy) is 9. The zero-order valence-electron chi connectivity index (χ0n) is 25.1. The van der Waals surface area contributed by atoms with Crippen molar-refractivity contribution in [2.45, 2.75) is 123 Å². The van der Waals surface area contributed by atoms with Gasteiger partial charge in [-0.15, -0.1) is 0 Å². The number of aliphatic hydroxyl groups excluding tert-OH is 9. The fourth-order valence-electron chi connectivity index (χ4n) is 6.51. The first-order valence-corrected chi connectivity index (χ1v) is 16.0. The molecule has 0 aliphatic carbocycles. The molecule has 0 spiro atoms. The molecule has 48 heavy (non-hydrogen) atoms.